The molecule has 34 heavy (non-hydrogen) atoms. The molecule has 2 fully saturated rings. The van der Waals surface area contributed by atoms with E-state index < -0.39 is 47.3 Å². The third kappa shape index (κ3) is 2.86. The number of benzene rings is 3. The molecule has 4 atom stereocenters. The summed E-state index contributed by atoms with van der Waals surface area (Å²) >= 11 is 6.34. The molecular formula is C26H17ClFN3O3. The fourth-order valence-corrected chi connectivity index (χ4v) is 5.54. The highest BCUT2D eigenvalue weighted by Gasteiger charge is 2.65. The molecule has 3 aliphatic rings. The molecule has 0 radical (unpaired) electrons. The minimum atomic E-state index is -1.02. The summed E-state index contributed by atoms with van der Waals surface area (Å²) in [5.41, 5.74) is 2.19. The quantitative estimate of drug-likeness (QED) is 0.421. The number of carbonyl (C=O) groups excluding carboxylic acids is 3. The molecule has 0 N–H and O–H groups in total. The van der Waals surface area contributed by atoms with Gasteiger partial charge in [-0.25, -0.2) is 9.29 Å². The standard InChI is InChI=1S/C26H17ClFN3O3/c27-18-7-3-4-8-19(18)30-25(33)20-21(26(30)34)23(24(32)14-9-11-16(28)12-10-14)31-22(20)17-6-2-1-5-15(17)13-29-31/h1-13,20-23H. The van der Waals surface area contributed by atoms with Crippen LogP contribution < -0.4 is 4.90 Å². The van der Waals surface area contributed by atoms with E-state index >= 15 is 0 Å². The third-order valence-corrected chi connectivity index (χ3v) is 7.10. The number of amides is 2. The van der Waals surface area contributed by atoms with Gasteiger partial charge in [0.15, 0.2) is 5.78 Å². The highest BCUT2D eigenvalue weighted by atomic mass is 35.5. The lowest BCUT2D eigenvalue weighted by Crippen LogP contribution is -2.44. The van der Waals surface area contributed by atoms with Crippen LogP contribution in [0, 0.1) is 17.7 Å². The zero-order valence-electron chi connectivity index (χ0n) is 17.6. The van der Waals surface area contributed by atoms with Crippen molar-refractivity contribution in [2.75, 3.05) is 4.90 Å². The predicted molar refractivity (Wildman–Crippen MR) is 124 cm³/mol. The number of ketones is 1. The Morgan fingerprint density at radius 3 is 2.32 bits per heavy atom. The van der Waals surface area contributed by atoms with Gasteiger partial charge in [-0.2, -0.15) is 5.10 Å². The van der Waals surface area contributed by atoms with E-state index in [1.54, 1.807) is 35.5 Å². The van der Waals surface area contributed by atoms with Crippen molar-refractivity contribution >= 4 is 41.1 Å². The van der Waals surface area contributed by atoms with Gasteiger partial charge in [0.1, 0.15) is 11.9 Å². The highest BCUT2D eigenvalue weighted by molar-refractivity contribution is 6.36. The van der Waals surface area contributed by atoms with E-state index in [0.29, 0.717) is 5.69 Å². The number of imide groups is 1. The molecular weight excluding hydrogens is 457 g/mol. The van der Waals surface area contributed by atoms with E-state index in [-0.39, 0.29) is 10.6 Å². The zero-order valence-corrected chi connectivity index (χ0v) is 18.4. The second-order valence-electron chi connectivity index (χ2n) is 8.53. The van der Waals surface area contributed by atoms with Gasteiger partial charge < -0.3 is 0 Å². The van der Waals surface area contributed by atoms with E-state index in [2.05, 4.69) is 5.10 Å². The summed E-state index contributed by atoms with van der Waals surface area (Å²) in [6.07, 6.45) is 1.64. The SMILES string of the molecule is O=C(c1ccc(F)cc1)C1C2C(=O)N(c3ccccc3Cl)C(=O)C2C2c3ccccc3C=NN12. The molecule has 0 aliphatic carbocycles. The number of hydrazone groups is 1. The molecule has 0 saturated carbocycles. The lowest BCUT2D eigenvalue weighted by molar-refractivity contribution is -0.124. The topological polar surface area (TPSA) is 70.0 Å². The summed E-state index contributed by atoms with van der Waals surface area (Å²) < 4.78 is 13.5. The van der Waals surface area contributed by atoms with Gasteiger partial charge in [0.25, 0.3) is 0 Å². The van der Waals surface area contributed by atoms with Gasteiger partial charge in [0, 0.05) is 5.56 Å². The smallest absolute Gasteiger partial charge is 0.240 e. The fraction of sp³-hybridized carbons (Fsp3) is 0.154. The molecule has 168 valence electrons. The van der Waals surface area contributed by atoms with Crippen molar-refractivity contribution in [3.05, 3.63) is 100 Å². The van der Waals surface area contributed by atoms with E-state index in [9.17, 15) is 18.8 Å². The van der Waals surface area contributed by atoms with Crippen LogP contribution in [0.5, 0.6) is 0 Å². The van der Waals surface area contributed by atoms with Crippen molar-refractivity contribution < 1.29 is 18.8 Å². The number of carbonyl (C=O) groups is 3. The first-order valence-electron chi connectivity index (χ1n) is 10.8. The van der Waals surface area contributed by atoms with Gasteiger partial charge in [-0.3, -0.25) is 19.4 Å². The van der Waals surface area contributed by atoms with Crippen LogP contribution in [0.4, 0.5) is 10.1 Å². The number of anilines is 1. The van der Waals surface area contributed by atoms with Crippen LogP contribution in [0.1, 0.15) is 27.5 Å². The molecule has 2 amide bonds. The largest absolute Gasteiger partial charge is 0.292 e. The van der Waals surface area contributed by atoms with Crippen LogP contribution in [0.2, 0.25) is 5.02 Å². The first-order chi connectivity index (χ1) is 16.5. The number of para-hydroxylation sites is 1. The van der Waals surface area contributed by atoms with Crippen LogP contribution in [0.15, 0.2) is 77.9 Å². The van der Waals surface area contributed by atoms with Crippen LogP contribution in [0.3, 0.4) is 0 Å². The summed E-state index contributed by atoms with van der Waals surface area (Å²) in [7, 11) is 0. The molecule has 3 aromatic carbocycles. The minimum absolute atomic E-state index is 0.247. The van der Waals surface area contributed by atoms with E-state index in [4.69, 9.17) is 11.6 Å². The van der Waals surface area contributed by atoms with Crippen molar-refractivity contribution in [2.24, 2.45) is 16.9 Å². The average molecular weight is 474 g/mol. The second-order valence-corrected chi connectivity index (χ2v) is 8.94. The molecule has 3 aromatic rings. The Labute approximate surface area is 199 Å². The summed E-state index contributed by atoms with van der Waals surface area (Å²) in [6.45, 7) is 0. The fourth-order valence-electron chi connectivity index (χ4n) is 5.32. The minimum Gasteiger partial charge on any atom is -0.292 e. The maximum Gasteiger partial charge on any atom is 0.240 e. The number of Topliss-reactive ketones (excluding diaryl/α,β-unsaturated/α-hetero) is 1. The Morgan fingerprint density at radius 2 is 1.56 bits per heavy atom. The molecule has 6 rings (SSSR count). The number of halogens is 2. The summed E-state index contributed by atoms with van der Waals surface area (Å²) in [5, 5.41) is 6.35. The Hall–Kier alpha value is -3.84. The first-order valence-corrected chi connectivity index (χ1v) is 11.2. The van der Waals surface area contributed by atoms with Crippen molar-refractivity contribution in [3.63, 3.8) is 0 Å². The molecule has 0 spiro atoms. The molecule has 6 nitrogen and oxygen atoms in total. The normalized spacial score (nSPS) is 24.8. The summed E-state index contributed by atoms with van der Waals surface area (Å²) in [4.78, 5) is 42.3. The van der Waals surface area contributed by atoms with E-state index in [1.807, 2.05) is 24.3 Å². The molecule has 3 aliphatic heterocycles. The first kappa shape index (κ1) is 20.7. The van der Waals surface area contributed by atoms with Crippen molar-refractivity contribution in [3.8, 4) is 0 Å². The number of nitrogens with zero attached hydrogens (tertiary/aromatic N) is 3. The lowest BCUT2D eigenvalue weighted by Gasteiger charge is -2.33. The van der Waals surface area contributed by atoms with Crippen molar-refractivity contribution in [1.82, 2.24) is 5.01 Å². The third-order valence-electron chi connectivity index (χ3n) is 6.78. The molecule has 3 heterocycles. The maximum atomic E-state index is 13.8. The van der Waals surface area contributed by atoms with Crippen molar-refractivity contribution in [2.45, 2.75) is 12.1 Å². The number of hydrogen-bond donors (Lipinski definition) is 0. The molecule has 4 unspecified atom stereocenters. The Bertz CT molecular complexity index is 1390. The molecule has 8 heteroatoms. The van der Waals surface area contributed by atoms with Gasteiger partial charge in [-0.1, -0.05) is 48.0 Å². The van der Waals surface area contributed by atoms with Crippen LogP contribution >= 0.6 is 11.6 Å². The zero-order chi connectivity index (χ0) is 23.6. The van der Waals surface area contributed by atoms with Gasteiger partial charge in [0.05, 0.1) is 34.8 Å². The predicted octanol–water partition coefficient (Wildman–Crippen LogP) is 4.24. The van der Waals surface area contributed by atoms with E-state index in [1.165, 1.54) is 24.3 Å². The Kier molecular flexibility index (Phi) is 4.64. The molecule has 0 bridgehead atoms. The Morgan fingerprint density at radius 1 is 0.882 bits per heavy atom. The Balaban J connectivity index is 1.51. The lowest BCUT2D eigenvalue weighted by atomic mass is 9.83. The van der Waals surface area contributed by atoms with Crippen LogP contribution in [-0.2, 0) is 9.59 Å². The van der Waals surface area contributed by atoms with Gasteiger partial charge in [0.2, 0.25) is 11.8 Å². The van der Waals surface area contributed by atoms with Crippen LogP contribution in [-0.4, -0.2) is 34.9 Å². The number of rotatable bonds is 3. The monoisotopic (exact) mass is 473 g/mol. The molecule has 0 aromatic heterocycles. The van der Waals surface area contributed by atoms with E-state index in [0.717, 1.165) is 16.0 Å². The summed E-state index contributed by atoms with van der Waals surface area (Å²) in [5.74, 6) is -3.56. The molecule has 2 saturated heterocycles. The maximum absolute atomic E-state index is 13.8. The van der Waals surface area contributed by atoms with Gasteiger partial charge in [-0.15, -0.1) is 0 Å². The van der Waals surface area contributed by atoms with Gasteiger partial charge in [-0.05, 0) is 47.5 Å². The second kappa shape index (κ2) is 7.60. The summed E-state index contributed by atoms with van der Waals surface area (Å²) in [6, 6.07) is 17.7. The van der Waals surface area contributed by atoms with Crippen molar-refractivity contribution in [1.29, 1.82) is 0 Å². The highest BCUT2D eigenvalue weighted by Crippen LogP contribution is 2.53. The number of hydrogen-bond acceptors (Lipinski definition) is 5. The average Bonchev–Trinajstić information content (AvgIpc) is 3.32. The van der Waals surface area contributed by atoms with Gasteiger partial charge >= 0.3 is 0 Å². The number of fused-ring (bicyclic) bond motifs is 5. The van der Waals surface area contributed by atoms with Crippen LogP contribution in [0.25, 0.3) is 0 Å².